The van der Waals surface area contributed by atoms with Crippen LogP contribution in [0.1, 0.15) is 6.92 Å². The number of sulfonamides is 1. The van der Waals surface area contributed by atoms with Gasteiger partial charge in [-0.3, -0.25) is 4.79 Å². The highest BCUT2D eigenvalue weighted by atomic mass is 32.2. The Hall–Kier alpha value is -1.25. The molecule has 8 heteroatoms. The van der Waals surface area contributed by atoms with E-state index in [0.29, 0.717) is 11.4 Å². The van der Waals surface area contributed by atoms with Crippen LogP contribution in [0.4, 0.5) is 5.69 Å². The first kappa shape index (κ1) is 16.8. The Morgan fingerprint density at radius 1 is 1.45 bits per heavy atom. The average molecular weight is 317 g/mol. The fourth-order valence-electron chi connectivity index (χ4n) is 1.47. The summed E-state index contributed by atoms with van der Waals surface area (Å²) in [5, 5.41) is 2.39. The SMILES string of the molecule is CNC(=O)C(C)NS(=O)(=O)CCSc1cccc(N)c1. The van der Waals surface area contributed by atoms with Gasteiger partial charge in [-0.1, -0.05) is 6.07 Å². The predicted octanol–water partition coefficient (Wildman–Crippen LogP) is 0.415. The summed E-state index contributed by atoms with van der Waals surface area (Å²) in [6.45, 7) is 1.50. The van der Waals surface area contributed by atoms with E-state index < -0.39 is 16.1 Å². The van der Waals surface area contributed by atoms with Crippen molar-refractivity contribution in [3.63, 3.8) is 0 Å². The van der Waals surface area contributed by atoms with Crippen LogP contribution in [-0.4, -0.2) is 38.9 Å². The largest absolute Gasteiger partial charge is 0.399 e. The van der Waals surface area contributed by atoms with Crippen molar-refractivity contribution in [2.75, 3.05) is 24.3 Å². The van der Waals surface area contributed by atoms with E-state index >= 15 is 0 Å². The third kappa shape index (κ3) is 5.81. The molecule has 1 aromatic rings. The molecule has 20 heavy (non-hydrogen) atoms. The van der Waals surface area contributed by atoms with Gasteiger partial charge in [-0.25, -0.2) is 13.1 Å². The van der Waals surface area contributed by atoms with Crippen molar-refractivity contribution in [3.8, 4) is 0 Å². The van der Waals surface area contributed by atoms with Crippen molar-refractivity contribution >= 4 is 33.4 Å². The van der Waals surface area contributed by atoms with E-state index in [-0.39, 0.29) is 11.7 Å². The minimum Gasteiger partial charge on any atom is -0.399 e. The minimum absolute atomic E-state index is 0.0617. The Bertz CT molecular complexity index is 561. The molecule has 0 aliphatic rings. The van der Waals surface area contributed by atoms with Crippen LogP contribution in [0, 0.1) is 0 Å². The Morgan fingerprint density at radius 3 is 2.75 bits per heavy atom. The zero-order valence-electron chi connectivity index (χ0n) is 11.4. The fraction of sp³-hybridized carbons (Fsp3) is 0.417. The van der Waals surface area contributed by atoms with E-state index in [1.54, 1.807) is 12.1 Å². The molecule has 1 atom stereocenters. The molecule has 0 radical (unpaired) electrons. The predicted molar refractivity (Wildman–Crippen MR) is 82.0 cm³/mol. The van der Waals surface area contributed by atoms with Crippen LogP contribution in [0.3, 0.4) is 0 Å². The lowest BCUT2D eigenvalue weighted by atomic mass is 10.3. The maximum absolute atomic E-state index is 11.8. The van der Waals surface area contributed by atoms with E-state index in [1.807, 2.05) is 12.1 Å². The van der Waals surface area contributed by atoms with Crippen molar-refractivity contribution < 1.29 is 13.2 Å². The van der Waals surface area contributed by atoms with Gasteiger partial charge in [0.2, 0.25) is 15.9 Å². The number of thioether (sulfide) groups is 1. The van der Waals surface area contributed by atoms with Gasteiger partial charge < -0.3 is 11.1 Å². The molecule has 0 saturated heterocycles. The smallest absolute Gasteiger partial charge is 0.237 e. The number of likely N-dealkylation sites (N-methyl/N-ethyl adjacent to an activating group) is 1. The molecule has 0 aliphatic heterocycles. The Balaban J connectivity index is 2.46. The Morgan fingerprint density at radius 2 is 2.15 bits per heavy atom. The van der Waals surface area contributed by atoms with Crippen molar-refractivity contribution in [3.05, 3.63) is 24.3 Å². The van der Waals surface area contributed by atoms with Crippen LogP contribution in [0.15, 0.2) is 29.2 Å². The second-order valence-corrected chi connectivity index (χ2v) is 7.24. The molecule has 0 fully saturated rings. The molecule has 1 rings (SSSR count). The number of hydrogen-bond donors (Lipinski definition) is 3. The molecule has 0 saturated carbocycles. The highest BCUT2D eigenvalue weighted by Crippen LogP contribution is 2.20. The first-order valence-electron chi connectivity index (χ1n) is 6.04. The van der Waals surface area contributed by atoms with Crippen LogP contribution in [0.25, 0.3) is 0 Å². The molecule has 6 nitrogen and oxygen atoms in total. The second kappa shape index (κ2) is 7.51. The third-order valence-corrected chi connectivity index (χ3v) is 5.18. The van der Waals surface area contributed by atoms with Crippen LogP contribution in [0.2, 0.25) is 0 Å². The number of carbonyl (C=O) groups excluding carboxylic acids is 1. The highest BCUT2D eigenvalue weighted by molar-refractivity contribution is 8.00. The van der Waals surface area contributed by atoms with Gasteiger partial charge in [0.25, 0.3) is 0 Å². The maximum Gasteiger partial charge on any atom is 0.237 e. The van der Waals surface area contributed by atoms with Gasteiger partial charge in [-0.05, 0) is 25.1 Å². The summed E-state index contributed by atoms with van der Waals surface area (Å²) in [6, 6.07) is 6.47. The van der Waals surface area contributed by atoms with Crippen LogP contribution in [-0.2, 0) is 14.8 Å². The van der Waals surface area contributed by atoms with Gasteiger partial charge >= 0.3 is 0 Å². The molecule has 0 aliphatic carbocycles. The lowest BCUT2D eigenvalue weighted by molar-refractivity contribution is -0.121. The van der Waals surface area contributed by atoms with Crippen molar-refractivity contribution in [2.24, 2.45) is 0 Å². The maximum atomic E-state index is 11.8. The number of nitrogens with two attached hydrogens (primary N) is 1. The lowest BCUT2D eigenvalue weighted by Gasteiger charge is -2.12. The molecular weight excluding hydrogens is 298 g/mol. The van der Waals surface area contributed by atoms with Crippen LogP contribution < -0.4 is 15.8 Å². The number of benzene rings is 1. The van der Waals surface area contributed by atoms with E-state index in [9.17, 15) is 13.2 Å². The number of nitrogen functional groups attached to an aromatic ring is 1. The lowest BCUT2D eigenvalue weighted by Crippen LogP contribution is -2.44. The van der Waals surface area contributed by atoms with Crippen molar-refractivity contribution in [1.29, 1.82) is 0 Å². The zero-order valence-corrected chi connectivity index (χ0v) is 13.1. The minimum atomic E-state index is -3.48. The van der Waals surface area contributed by atoms with E-state index in [2.05, 4.69) is 10.0 Å². The van der Waals surface area contributed by atoms with Crippen molar-refractivity contribution in [1.82, 2.24) is 10.0 Å². The van der Waals surface area contributed by atoms with Crippen LogP contribution >= 0.6 is 11.8 Å². The van der Waals surface area contributed by atoms with E-state index in [1.165, 1.54) is 25.7 Å². The summed E-state index contributed by atoms with van der Waals surface area (Å²) in [5.41, 5.74) is 6.29. The standard InChI is InChI=1S/C12H19N3O3S2/c1-9(12(16)14-2)15-20(17,18)7-6-19-11-5-3-4-10(13)8-11/h3-5,8-9,15H,6-7,13H2,1-2H3,(H,14,16). The molecule has 0 heterocycles. The number of hydrogen-bond acceptors (Lipinski definition) is 5. The van der Waals surface area contributed by atoms with Gasteiger partial charge in [0.1, 0.15) is 0 Å². The monoisotopic (exact) mass is 317 g/mol. The molecule has 1 aromatic carbocycles. The molecule has 1 amide bonds. The highest BCUT2D eigenvalue weighted by Gasteiger charge is 2.18. The fourth-order valence-corrected chi connectivity index (χ4v) is 4.08. The topological polar surface area (TPSA) is 101 Å². The van der Waals surface area contributed by atoms with E-state index in [4.69, 9.17) is 5.73 Å². The normalized spacial score (nSPS) is 12.9. The quantitative estimate of drug-likeness (QED) is 0.499. The van der Waals surface area contributed by atoms with E-state index in [0.717, 1.165) is 4.90 Å². The first-order valence-corrected chi connectivity index (χ1v) is 8.68. The molecule has 112 valence electrons. The van der Waals surface area contributed by atoms with Gasteiger partial charge in [0.15, 0.2) is 0 Å². The van der Waals surface area contributed by atoms with Crippen molar-refractivity contribution in [2.45, 2.75) is 17.9 Å². The molecule has 4 N–H and O–H groups in total. The number of anilines is 1. The second-order valence-electron chi connectivity index (χ2n) is 4.19. The van der Waals surface area contributed by atoms with Gasteiger partial charge in [-0.2, -0.15) is 0 Å². The molecular formula is C12H19N3O3S2. The van der Waals surface area contributed by atoms with Gasteiger partial charge in [0, 0.05) is 23.4 Å². The first-order chi connectivity index (χ1) is 9.34. The summed E-state index contributed by atoms with van der Waals surface area (Å²) in [4.78, 5) is 12.2. The Labute approximate surface area is 123 Å². The third-order valence-electron chi connectivity index (χ3n) is 2.47. The van der Waals surface area contributed by atoms with Crippen LogP contribution in [0.5, 0.6) is 0 Å². The number of rotatable bonds is 7. The molecule has 0 spiro atoms. The summed E-state index contributed by atoms with van der Waals surface area (Å²) in [7, 11) is -2.02. The molecule has 0 bridgehead atoms. The zero-order chi connectivity index (χ0) is 15.2. The number of carbonyl (C=O) groups is 1. The van der Waals surface area contributed by atoms with Gasteiger partial charge in [-0.15, -0.1) is 11.8 Å². The number of amides is 1. The molecule has 1 unspecified atom stereocenters. The summed E-state index contributed by atoms with van der Waals surface area (Å²) >= 11 is 1.40. The summed E-state index contributed by atoms with van der Waals surface area (Å²) < 4.78 is 25.9. The molecule has 0 aromatic heterocycles. The summed E-state index contributed by atoms with van der Waals surface area (Å²) in [6.07, 6.45) is 0. The average Bonchev–Trinajstić information content (AvgIpc) is 2.37. The van der Waals surface area contributed by atoms with Gasteiger partial charge in [0.05, 0.1) is 11.8 Å². The Kier molecular flexibility index (Phi) is 6.31. The summed E-state index contributed by atoms with van der Waals surface area (Å²) in [5.74, 6) is -0.0374. The number of nitrogens with one attached hydrogen (secondary N) is 2.